The van der Waals surface area contributed by atoms with Gasteiger partial charge in [-0.15, -0.1) is 0 Å². The minimum Gasteiger partial charge on any atom is -0.491 e. The number of carbonyl (C=O) groups is 1. The number of hydrogen-bond acceptors (Lipinski definition) is 4. The third-order valence-corrected chi connectivity index (χ3v) is 8.55. The average molecular weight is 552 g/mol. The topological polar surface area (TPSA) is 32.8 Å². The highest BCUT2D eigenvalue weighted by Crippen LogP contribution is 2.33. The van der Waals surface area contributed by atoms with Crippen LogP contribution >= 0.6 is 39.3 Å². The first-order chi connectivity index (χ1) is 15.9. The van der Waals surface area contributed by atoms with E-state index in [4.69, 9.17) is 16.3 Å². The molecule has 178 valence electrons. The molecule has 1 amide bonds. The standard InChI is InChI=1S/C26H32BrClN2O2S/c1-18(2)32-23-7-8-25(27)20(16-23)15-19-9-12-29(13-10-19)14-11-24-17-30(26(31)33-24)22-5-3-21(28)4-6-22/h3-8,16,18-19,24H,9-15,17H2,1-2H3. The Hall–Kier alpha value is -1.21. The van der Waals surface area contributed by atoms with Crippen molar-refractivity contribution in [1.29, 1.82) is 0 Å². The molecular weight excluding hydrogens is 520 g/mol. The summed E-state index contributed by atoms with van der Waals surface area (Å²) < 4.78 is 7.06. The molecule has 4 nitrogen and oxygen atoms in total. The summed E-state index contributed by atoms with van der Waals surface area (Å²) >= 11 is 11.2. The van der Waals surface area contributed by atoms with E-state index in [9.17, 15) is 4.79 Å². The summed E-state index contributed by atoms with van der Waals surface area (Å²) in [6.45, 7) is 8.24. The monoisotopic (exact) mass is 550 g/mol. The second-order valence-corrected chi connectivity index (χ2v) is 11.8. The van der Waals surface area contributed by atoms with E-state index in [2.05, 4.69) is 46.8 Å². The second-order valence-electron chi connectivity index (χ2n) is 9.29. The van der Waals surface area contributed by atoms with Gasteiger partial charge in [-0.1, -0.05) is 39.3 Å². The molecule has 0 saturated carbocycles. The van der Waals surface area contributed by atoms with E-state index < -0.39 is 0 Å². The van der Waals surface area contributed by atoms with Gasteiger partial charge >= 0.3 is 0 Å². The van der Waals surface area contributed by atoms with Crippen molar-refractivity contribution < 1.29 is 9.53 Å². The van der Waals surface area contributed by atoms with Crippen LogP contribution in [-0.4, -0.2) is 47.7 Å². The van der Waals surface area contributed by atoms with Crippen LogP contribution in [0, 0.1) is 5.92 Å². The van der Waals surface area contributed by atoms with Gasteiger partial charge in [0.25, 0.3) is 5.24 Å². The number of rotatable bonds is 8. The van der Waals surface area contributed by atoms with Crippen molar-refractivity contribution in [3.63, 3.8) is 0 Å². The number of anilines is 1. The van der Waals surface area contributed by atoms with Crippen LogP contribution in [0.3, 0.4) is 0 Å². The first kappa shape index (κ1) is 24.9. The summed E-state index contributed by atoms with van der Waals surface area (Å²) in [5.74, 6) is 1.66. The molecule has 0 spiro atoms. The van der Waals surface area contributed by atoms with Crippen LogP contribution in [0.2, 0.25) is 5.02 Å². The zero-order valence-electron chi connectivity index (χ0n) is 19.3. The lowest BCUT2D eigenvalue weighted by Crippen LogP contribution is -2.36. The number of amides is 1. The van der Waals surface area contributed by atoms with Gasteiger partial charge < -0.3 is 14.5 Å². The highest BCUT2D eigenvalue weighted by molar-refractivity contribution is 9.10. The van der Waals surface area contributed by atoms with E-state index in [1.54, 1.807) is 0 Å². The average Bonchev–Trinajstić information content (AvgIpc) is 3.16. The molecule has 2 aliphatic heterocycles. The molecule has 2 saturated heterocycles. The molecule has 0 aliphatic carbocycles. The van der Waals surface area contributed by atoms with E-state index in [-0.39, 0.29) is 11.3 Å². The maximum Gasteiger partial charge on any atom is 0.286 e. The number of carbonyl (C=O) groups excluding carboxylic acids is 1. The minimum absolute atomic E-state index is 0.148. The smallest absolute Gasteiger partial charge is 0.286 e. The van der Waals surface area contributed by atoms with Crippen LogP contribution in [0.1, 0.15) is 38.7 Å². The molecular formula is C26H32BrClN2O2S. The summed E-state index contributed by atoms with van der Waals surface area (Å²) in [7, 11) is 0. The van der Waals surface area contributed by atoms with Crippen LogP contribution in [-0.2, 0) is 6.42 Å². The van der Waals surface area contributed by atoms with Gasteiger partial charge in [-0.25, -0.2) is 0 Å². The molecule has 33 heavy (non-hydrogen) atoms. The van der Waals surface area contributed by atoms with Crippen molar-refractivity contribution in [3.8, 4) is 5.75 Å². The highest BCUT2D eigenvalue weighted by Gasteiger charge is 2.32. The van der Waals surface area contributed by atoms with E-state index in [0.29, 0.717) is 16.2 Å². The Kier molecular flexibility index (Phi) is 8.66. The molecule has 2 aliphatic rings. The van der Waals surface area contributed by atoms with E-state index in [0.717, 1.165) is 50.5 Å². The minimum atomic E-state index is 0.148. The lowest BCUT2D eigenvalue weighted by Gasteiger charge is -2.32. The maximum atomic E-state index is 12.5. The fourth-order valence-electron chi connectivity index (χ4n) is 4.61. The summed E-state index contributed by atoms with van der Waals surface area (Å²) in [5, 5.41) is 1.20. The SMILES string of the molecule is CC(C)Oc1ccc(Br)c(CC2CCN(CCC3CN(c4ccc(Cl)cc4)C(=O)S3)CC2)c1. The summed E-state index contributed by atoms with van der Waals surface area (Å²) in [4.78, 5) is 16.9. The number of likely N-dealkylation sites (tertiary alicyclic amines) is 1. The van der Waals surface area contributed by atoms with E-state index >= 15 is 0 Å². The Balaban J connectivity index is 1.22. The molecule has 0 radical (unpaired) electrons. The summed E-state index contributed by atoms with van der Waals surface area (Å²) in [6.07, 6.45) is 4.76. The van der Waals surface area contributed by atoms with E-state index in [1.807, 2.05) is 35.2 Å². The first-order valence-electron chi connectivity index (χ1n) is 11.8. The molecule has 1 atom stereocenters. The number of piperidine rings is 1. The van der Waals surface area contributed by atoms with Gasteiger partial charge in [-0.2, -0.15) is 0 Å². The quantitative estimate of drug-likeness (QED) is 0.345. The van der Waals surface area contributed by atoms with Crippen LogP contribution in [0.25, 0.3) is 0 Å². The fourth-order valence-corrected chi connectivity index (χ4v) is 6.18. The second kappa shape index (κ2) is 11.5. The lowest BCUT2D eigenvalue weighted by molar-refractivity contribution is 0.182. The number of thioether (sulfide) groups is 1. The molecule has 4 rings (SSSR count). The molecule has 0 bridgehead atoms. The molecule has 2 heterocycles. The normalized spacial score (nSPS) is 20.1. The van der Waals surface area contributed by atoms with Gasteiger partial charge in [0, 0.05) is 27.0 Å². The number of hydrogen-bond donors (Lipinski definition) is 0. The fraction of sp³-hybridized carbons (Fsp3) is 0.500. The molecule has 7 heteroatoms. The zero-order chi connectivity index (χ0) is 23.4. The molecule has 2 fully saturated rings. The summed E-state index contributed by atoms with van der Waals surface area (Å²) in [5.41, 5.74) is 2.28. The number of nitrogens with zero attached hydrogens (tertiary/aromatic N) is 2. The van der Waals surface area contributed by atoms with Crippen molar-refractivity contribution in [1.82, 2.24) is 4.90 Å². The lowest BCUT2D eigenvalue weighted by atomic mass is 9.90. The Morgan fingerprint density at radius 1 is 1.15 bits per heavy atom. The van der Waals surface area contributed by atoms with Crippen LogP contribution in [0.5, 0.6) is 5.75 Å². The molecule has 2 aromatic carbocycles. The zero-order valence-corrected chi connectivity index (χ0v) is 22.5. The highest BCUT2D eigenvalue weighted by atomic mass is 79.9. The Morgan fingerprint density at radius 2 is 1.88 bits per heavy atom. The largest absolute Gasteiger partial charge is 0.491 e. The van der Waals surface area contributed by atoms with Gasteiger partial charge in [0.2, 0.25) is 0 Å². The van der Waals surface area contributed by atoms with Gasteiger partial charge in [-0.05, 0) is 113 Å². The van der Waals surface area contributed by atoms with Crippen molar-refractivity contribution in [3.05, 3.63) is 57.5 Å². The predicted octanol–water partition coefficient (Wildman–Crippen LogP) is 7.28. The third-order valence-electron chi connectivity index (χ3n) is 6.38. The van der Waals surface area contributed by atoms with Crippen molar-refractivity contribution in [2.75, 3.05) is 31.1 Å². The molecule has 0 N–H and O–H groups in total. The number of halogens is 2. The van der Waals surface area contributed by atoms with Gasteiger partial charge in [0.15, 0.2) is 0 Å². The maximum absolute atomic E-state index is 12.5. The molecule has 1 unspecified atom stereocenters. The van der Waals surface area contributed by atoms with E-state index in [1.165, 1.54) is 34.6 Å². The van der Waals surface area contributed by atoms with Crippen molar-refractivity contribution >= 4 is 50.2 Å². The molecule has 0 aromatic heterocycles. The Labute approximate surface area is 215 Å². The Morgan fingerprint density at radius 3 is 2.58 bits per heavy atom. The van der Waals surface area contributed by atoms with Gasteiger partial charge in [-0.3, -0.25) is 4.79 Å². The number of benzene rings is 2. The van der Waals surface area contributed by atoms with Crippen molar-refractivity contribution in [2.45, 2.75) is 50.9 Å². The third kappa shape index (κ3) is 6.91. The van der Waals surface area contributed by atoms with Gasteiger partial charge in [0.05, 0.1) is 6.10 Å². The number of ether oxygens (including phenoxy) is 1. The van der Waals surface area contributed by atoms with Gasteiger partial charge in [0.1, 0.15) is 5.75 Å². The van der Waals surface area contributed by atoms with Crippen molar-refractivity contribution in [2.24, 2.45) is 5.92 Å². The predicted molar refractivity (Wildman–Crippen MR) is 143 cm³/mol. The van der Waals surface area contributed by atoms with Crippen LogP contribution in [0.4, 0.5) is 10.5 Å². The molecule has 2 aromatic rings. The van der Waals surface area contributed by atoms with Crippen LogP contribution in [0.15, 0.2) is 46.9 Å². The van der Waals surface area contributed by atoms with Crippen LogP contribution < -0.4 is 9.64 Å². The Bertz CT molecular complexity index is 948. The summed E-state index contributed by atoms with van der Waals surface area (Å²) in [6, 6.07) is 13.9. The first-order valence-corrected chi connectivity index (χ1v) is 13.8.